The van der Waals surface area contributed by atoms with Crippen LogP contribution in [-0.2, 0) is 9.47 Å². The third-order valence-corrected chi connectivity index (χ3v) is 6.72. The van der Waals surface area contributed by atoms with Gasteiger partial charge >= 0.3 is 0 Å². The van der Waals surface area contributed by atoms with Crippen molar-refractivity contribution in [2.45, 2.75) is 25.7 Å². The lowest BCUT2D eigenvalue weighted by atomic mass is 10.2. The summed E-state index contributed by atoms with van der Waals surface area (Å²) < 4.78 is 22.5. The molecule has 8 nitrogen and oxygen atoms in total. The minimum Gasteiger partial charge on any atom is -0.494 e. The van der Waals surface area contributed by atoms with E-state index in [0.29, 0.717) is 0 Å². The van der Waals surface area contributed by atoms with Crippen LogP contribution >= 0.6 is 0 Å². The summed E-state index contributed by atoms with van der Waals surface area (Å²) >= 11 is 0. The second-order valence-electron chi connectivity index (χ2n) is 9.65. The van der Waals surface area contributed by atoms with Crippen LogP contribution in [0.5, 0.6) is 11.5 Å². The molecule has 38 heavy (non-hydrogen) atoms. The highest BCUT2D eigenvalue weighted by atomic mass is 16.5. The molecule has 0 amide bonds. The fourth-order valence-corrected chi connectivity index (χ4v) is 4.40. The Kier molecular flexibility index (Phi) is 12.6. The van der Waals surface area contributed by atoms with Gasteiger partial charge in [-0.05, 0) is 98.4 Å². The van der Waals surface area contributed by atoms with Crippen molar-refractivity contribution in [3.63, 3.8) is 0 Å². The fraction of sp³-hybridized carbons (Fsp3) is 0.533. The smallest absolute Gasteiger partial charge is 0.119 e. The summed E-state index contributed by atoms with van der Waals surface area (Å²) in [6.07, 6.45) is 7.89. The zero-order valence-electron chi connectivity index (χ0n) is 22.5. The normalized spacial score (nSPS) is 17.4. The zero-order chi connectivity index (χ0) is 26.1. The van der Waals surface area contributed by atoms with Crippen molar-refractivity contribution in [1.29, 1.82) is 0 Å². The van der Waals surface area contributed by atoms with Gasteiger partial charge in [0.2, 0.25) is 0 Å². The van der Waals surface area contributed by atoms with E-state index in [1.807, 2.05) is 48.5 Å². The molecule has 2 fully saturated rings. The number of hydrogen-bond donors (Lipinski definition) is 0. The molecule has 0 aromatic heterocycles. The molecule has 2 aliphatic heterocycles. The van der Waals surface area contributed by atoms with Crippen LogP contribution in [0.25, 0.3) is 0 Å². The largest absolute Gasteiger partial charge is 0.494 e. The van der Waals surface area contributed by atoms with Gasteiger partial charge in [0.05, 0.1) is 52.1 Å². The molecular formula is C30H42N4O4. The van der Waals surface area contributed by atoms with Crippen molar-refractivity contribution >= 4 is 12.4 Å². The van der Waals surface area contributed by atoms with E-state index in [9.17, 15) is 0 Å². The van der Waals surface area contributed by atoms with Gasteiger partial charge in [0.25, 0.3) is 0 Å². The summed E-state index contributed by atoms with van der Waals surface area (Å²) in [5, 5.41) is 8.35. The van der Waals surface area contributed by atoms with Gasteiger partial charge in [-0.1, -0.05) is 0 Å². The Morgan fingerprint density at radius 1 is 0.579 bits per heavy atom. The van der Waals surface area contributed by atoms with Crippen molar-refractivity contribution in [3.8, 4) is 11.5 Å². The van der Waals surface area contributed by atoms with Gasteiger partial charge in [0, 0.05) is 26.2 Å². The highest BCUT2D eigenvalue weighted by Gasteiger charge is 2.10. The molecule has 2 saturated heterocycles. The predicted octanol–water partition coefficient (Wildman–Crippen LogP) is 4.12. The number of hydrogen-bond acceptors (Lipinski definition) is 8. The summed E-state index contributed by atoms with van der Waals surface area (Å²) in [4.78, 5) is 4.92. The Bertz CT molecular complexity index is 874. The first-order valence-corrected chi connectivity index (χ1v) is 14.0. The first kappa shape index (κ1) is 28.2. The molecule has 0 spiro atoms. The van der Waals surface area contributed by atoms with E-state index in [1.54, 1.807) is 12.4 Å². The lowest BCUT2D eigenvalue weighted by Crippen LogP contribution is -2.36. The maximum atomic E-state index is 5.87. The monoisotopic (exact) mass is 522 g/mol. The number of ether oxygens (including phenoxy) is 4. The van der Waals surface area contributed by atoms with Gasteiger partial charge in [0.1, 0.15) is 11.5 Å². The van der Waals surface area contributed by atoms with Gasteiger partial charge in [0.15, 0.2) is 0 Å². The molecule has 0 saturated carbocycles. The third kappa shape index (κ3) is 10.9. The molecule has 0 N–H and O–H groups in total. The first-order valence-electron chi connectivity index (χ1n) is 14.0. The summed E-state index contributed by atoms with van der Waals surface area (Å²) in [7, 11) is 0. The minimum atomic E-state index is 0.737. The van der Waals surface area contributed by atoms with Crippen LogP contribution in [-0.4, -0.2) is 101 Å². The molecule has 0 radical (unpaired) electrons. The zero-order valence-corrected chi connectivity index (χ0v) is 22.5. The van der Waals surface area contributed by atoms with E-state index in [0.717, 1.165) is 127 Å². The summed E-state index contributed by atoms with van der Waals surface area (Å²) in [6.45, 7) is 11.3. The Morgan fingerprint density at radius 3 is 1.37 bits per heavy atom. The SMILES string of the molecule is C(=N/N=C/c1ccc(OCCCCN2CCOCC2)cc1)c1ccc(OCCCCN2CCOCC2)cc1. The molecule has 0 aliphatic carbocycles. The predicted molar refractivity (Wildman–Crippen MR) is 152 cm³/mol. The topological polar surface area (TPSA) is 68.1 Å². The standard InChI is InChI=1S/C30H42N4O4/c1(13-33-15-21-35-22-16-33)3-19-37-29-9-5-27(6-10-29)25-31-32-26-28-7-11-30(12-8-28)38-20-4-2-14-34-17-23-36-24-18-34/h5-12,25-26H,1-4,13-24H2/b31-25+,32-26?. The van der Waals surface area contributed by atoms with E-state index < -0.39 is 0 Å². The Morgan fingerprint density at radius 2 is 0.974 bits per heavy atom. The van der Waals surface area contributed by atoms with Crippen molar-refractivity contribution < 1.29 is 18.9 Å². The number of rotatable bonds is 15. The second kappa shape index (κ2) is 16.9. The molecule has 0 bridgehead atoms. The van der Waals surface area contributed by atoms with E-state index >= 15 is 0 Å². The van der Waals surface area contributed by atoms with Crippen LogP contribution in [0.1, 0.15) is 36.8 Å². The lowest BCUT2D eigenvalue weighted by molar-refractivity contribution is 0.0367. The van der Waals surface area contributed by atoms with Crippen molar-refractivity contribution in [2.75, 3.05) is 78.9 Å². The maximum absolute atomic E-state index is 5.87. The molecule has 206 valence electrons. The lowest BCUT2D eigenvalue weighted by Gasteiger charge is -2.26. The molecule has 2 aromatic rings. The first-order chi connectivity index (χ1) is 18.8. The van der Waals surface area contributed by atoms with E-state index in [2.05, 4.69) is 20.0 Å². The minimum absolute atomic E-state index is 0.737. The van der Waals surface area contributed by atoms with Crippen LogP contribution in [0.15, 0.2) is 58.7 Å². The van der Waals surface area contributed by atoms with Gasteiger partial charge in [-0.3, -0.25) is 9.80 Å². The van der Waals surface area contributed by atoms with E-state index in [4.69, 9.17) is 18.9 Å². The fourth-order valence-electron chi connectivity index (χ4n) is 4.40. The number of unbranched alkanes of at least 4 members (excludes halogenated alkanes) is 2. The summed E-state index contributed by atoms with van der Waals surface area (Å²) in [5.74, 6) is 1.77. The Hall–Kier alpha value is -2.78. The van der Waals surface area contributed by atoms with E-state index in [-0.39, 0.29) is 0 Å². The van der Waals surface area contributed by atoms with Gasteiger partial charge in [-0.2, -0.15) is 10.2 Å². The molecule has 0 atom stereocenters. The van der Waals surface area contributed by atoms with Crippen LogP contribution in [0.2, 0.25) is 0 Å². The van der Waals surface area contributed by atoms with Crippen molar-refractivity contribution in [2.24, 2.45) is 10.2 Å². The average molecular weight is 523 g/mol. The highest BCUT2D eigenvalue weighted by molar-refractivity contribution is 5.82. The average Bonchev–Trinajstić information content (AvgIpc) is 2.97. The Labute approximate surface area is 227 Å². The molecule has 2 aromatic carbocycles. The van der Waals surface area contributed by atoms with Crippen LogP contribution < -0.4 is 9.47 Å². The number of nitrogens with zero attached hydrogens (tertiary/aromatic N) is 4. The molecular weight excluding hydrogens is 480 g/mol. The number of benzene rings is 2. The highest BCUT2D eigenvalue weighted by Crippen LogP contribution is 2.13. The van der Waals surface area contributed by atoms with Crippen LogP contribution in [0.3, 0.4) is 0 Å². The molecule has 8 heteroatoms. The van der Waals surface area contributed by atoms with Crippen LogP contribution in [0, 0.1) is 0 Å². The quantitative estimate of drug-likeness (QED) is 0.199. The number of morpholine rings is 2. The molecule has 4 rings (SSSR count). The third-order valence-electron chi connectivity index (χ3n) is 6.72. The van der Waals surface area contributed by atoms with Gasteiger partial charge in [-0.15, -0.1) is 0 Å². The molecule has 2 heterocycles. The van der Waals surface area contributed by atoms with Gasteiger partial charge in [-0.25, -0.2) is 0 Å². The molecule has 2 aliphatic rings. The van der Waals surface area contributed by atoms with Crippen molar-refractivity contribution in [3.05, 3.63) is 59.7 Å². The maximum Gasteiger partial charge on any atom is 0.119 e. The van der Waals surface area contributed by atoms with Crippen LogP contribution in [0.4, 0.5) is 0 Å². The summed E-state index contributed by atoms with van der Waals surface area (Å²) in [5.41, 5.74) is 1.97. The van der Waals surface area contributed by atoms with E-state index in [1.165, 1.54) is 0 Å². The molecule has 0 unspecified atom stereocenters. The summed E-state index contributed by atoms with van der Waals surface area (Å²) in [6, 6.07) is 15.9. The van der Waals surface area contributed by atoms with Gasteiger partial charge < -0.3 is 18.9 Å². The Balaban J connectivity index is 1.07. The van der Waals surface area contributed by atoms with Crippen molar-refractivity contribution in [1.82, 2.24) is 9.80 Å². The second-order valence-corrected chi connectivity index (χ2v) is 9.65.